The average Bonchev–Trinajstić information content (AvgIpc) is 2.57. The maximum Gasteiger partial charge on any atom is 0.303 e. The first kappa shape index (κ1) is 11.6. The van der Waals surface area contributed by atoms with Gasteiger partial charge in [-0.25, -0.2) is 0 Å². The fraction of sp³-hybridized carbons (Fsp3) is 0.750. The molecule has 0 amide bonds. The lowest BCUT2D eigenvalue weighted by Gasteiger charge is -2.22. The summed E-state index contributed by atoms with van der Waals surface area (Å²) in [5.41, 5.74) is 0. The van der Waals surface area contributed by atoms with E-state index in [1.807, 2.05) is 6.08 Å². The van der Waals surface area contributed by atoms with Crippen LogP contribution in [0.2, 0.25) is 0 Å². The zero-order valence-corrected chi connectivity index (χ0v) is 9.72. The van der Waals surface area contributed by atoms with E-state index in [-0.39, 0.29) is 18.2 Å². The molecule has 4 heteroatoms. The van der Waals surface area contributed by atoms with Gasteiger partial charge >= 0.3 is 5.97 Å². The summed E-state index contributed by atoms with van der Waals surface area (Å²) in [6, 6.07) is 0. The standard InChI is InChI=1S/C12H18O4/c1-8(13)16-11-4-3-9-5-10(11)6-12(9)15-7-14-2/h3-4,9-12H,5-7H2,1-2H3/t9-,10+,11+,12+/m1/s1. The molecule has 0 N–H and O–H groups in total. The summed E-state index contributed by atoms with van der Waals surface area (Å²) in [5.74, 6) is 0.641. The Kier molecular flexibility index (Phi) is 3.61. The molecule has 0 aromatic carbocycles. The predicted octanol–water partition coefficient (Wildman–Crippen LogP) is 1.50. The van der Waals surface area contributed by atoms with Crippen molar-refractivity contribution in [2.75, 3.05) is 13.9 Å². The third-order valence-corrected chi connectivity index (χ3v) is 3.30. The van der Waals surface area contributed by atoms with Crippen molar-refractivity contribution >= 4 is 5.97 Å². The zero-order valence-electron chi connectivity index (χ0n) is 9.72. The molecule has 2 aliphatic rings. The fourth-order valence-electron chi connectivity index (χ4n) is 2.63. The smallest absolute Gasteiger partial charge is 0.303 e. The van der Waals surface area contributed by atoms with Gasteiger partial charge in [-0.15, -0.1) is 0 Å². The number of carbonyl (C=O) groups is 1. The van der Waals surface area contributed by atoms with Gasteiger partial charge < -0.3 is 14.2 Å². The molecule has 4 atom stereocenters. The minimum atomic E-state index is -0.214. The maximum absolute atomic E-state index is 10.9. The summed E-state index contributed by atoms with van der Waals surface area (Å²) in [7, 11) is 1.62. The number of hydrogen-bond acceptors (Lipinski definition) is 4. The van der Waals surface area contributed by atoms with E-state index in [1.54, 1.807) is 7.11 Å². The highest BCUT2D eigenvalue weighted by atomic mass is 16.7. The molecule has 0 saturated heterocycles. The van der Waals surface area contributed by atoms with Gasteiger partial charge in [-0.3, -0.25) is 4.79 Å². The van der Waals surface area contributed by atoms with Crippen molar-refractivity contribution in [2.24, 2.45) is 11.8 Å². The quantitative estimate of drug-likeness (QED) is 0.414. The molecule has 1 saturated carbocycles. The van der Waals surface area contributed by atoms with Crippen molar-refractivity contribution in [1.29, 1.82) is 0 Å². The first-order valence-corrected chi connectivity index (χ1v) is 5.66. The number of esters is 1. The van der Waals surface area contributed by atoms with Gasteiger partial charge in [0.1, 0.15) is 12.9 Å². The molecule has 4 nitrogen and oxygen atoms in total. The normalized spacial score (nSPS) is 36.4. The third-order valence-electron chi connectivity index (χ3n) is 3.30. The van der Waals surface area contributed by atoms with Crippen LogP contribution < -0.4 is 0 Å². The highest BCUT2D eigenvalue weighted by Crippen LogP contribution is 2.41. The van der Waals surface area contributed by atoms with Gasteiger partial charge in [0, 0.05) is 25.9 Å². The number of carbonyl (C=O) groups excluding carboxylic acids is 1. The molecular formula is C12H18O4. The Morgan fingerprint density at radius 1 is 1.38 bits per heavy atom. The van der Waals surface area contributed by atoms with E-state index in [0.29, 0.717) is 18.6 Å². The molecule has 0 unspecified atom stereocenters. The fourth-order valence-corrected chi connectivity index (χ4v) is 2.63. The second-order valence-electron chi connectivity index (χ2n) is 4.47. The summed E-state index contributed by atoms with van der Waals surface area (Å²) >= 11 is 0. The van der Waals surface area contributed by atoms with Crippen LogP contribution in [0.1, 0.15) is 19.8 Å². The van der Waals surface area contributed by atoms with Gasteiger partial charge in [-0.2, -0.15) is 0 Å². The van der Waals surface area contributed by atoms with E-state index < -0.39 is 0 Å². The molecule has 2 aliphatic carbocycles. The van der Waals surface area contributed by atoms with Crippen molar-refractivity contribution in [3.63, 3.8) is 0 Å². The van der Waals surface area contributed by atoms with Gasteiger partial charge in [0.15, 0.2) is 0 Å². The van der Waals surface area contributed by atoms with E-state index in [4.69, 9.17) is 14.2 Å². The largest absolute Gasteiger partial charge is 0.458 e. The lowest BCUT2D eigenvalue weighted by molar-refractivity contribution is -0.146. The van der Waals surface area contributed by atoms with E-state index in [0.717, 1.165) is 12.8 Å². The molecular weight excluding hydrogens is 208 g/mol. The molecule has 16 heavy (non-hydrogen) atoms. The minimum absolute atomic E-state index is 0.0649. The molecule has 0 spiro atoms. The second kappa shape index (κ2) is 4.97. The van der Waals surface area contributed by atoms with Gasteiger partial charge in [-0.1, -0.05) is 6.08 Å². The van der Waals surface area contributed by atoms with Crippen LogP contribution in [0.25, 0.3) is 0 Å². The van der Waals surface area contributed by atoms with Gasteiger partial charge in [0.25, 0.3) is 0 Å². The second-order valence-corrected chi connectivity index (χ2v) is 4.47. The lowest BCUT2D eigenvalue weighted by Crippen LogP contribution is -2.24. The van der Waals surface area contributed by atoms with E-state index >= 15 is 0 Å². The van der Waals surface area contributed by atoms with Crippen LogP contribution in [-0.4, -0.2) is 32.1 Å². The van der Waals surface area contributed by atoms with Crippen LogP contribution in [-0.2, 0) is 19.0 Å². The lowest BCUT2D eigenvalue weighted by atomic mass is 9.93. The molecule has 0 aliphatic heterocycles. The van der Waals surface area contributed by atoms with Crippen LogP contribution >= 0.6 is 0 Å². The molecule has 0 radical (unpaired) electrons. The Morgan fingerprint density at radius 2 is 2.19 bits per heavy atom. The highest BCUT2D eigenvalue weighted by molar-refractivity contribution is 5.66. The van der Waals surface area contributed by atoms with Crippen molar-refractivity contribution < 1.29 is 19.0 Å². The molecule has 0 aromatic heterocycles. The molecule has 0 aromatic rings. The SMILES string of the molecule is COCO[C@H]1C[C@@H]2C[C@H]1C=C[C@@H]2OC(C)=O. The van der Waals surface area contributed by atoms with Gasteiger partial charge in [0.05, 0.1) is 6.10 Å². The predicted molar refractivity (Wildman–Crippen MR) is 57.7 cm³/mol. The molecule has 2 bridgehead atoms. The Morgan fingerprint density at radius 3 is 2.88 bits per heavy atom. The van der Waals surface area contributed by atoms with Crippen LogP contribution in [0.3, 0.4) is 0 Å². The van der Waals surface area contributed by atoms with Crippen molar-refractivity contribution in [2.45, 2.75) is 32.0 Å². The maximum atomic E-state index is 10.9. The van der Waals surface area contributed by atoms with Crippen molar-refractivity contribution in [3.05, 3.63) is 12.2 Å². The Hall–Kier alpha value is -0.870. The van der Waals surface area contributed by atoms with E-state index in [1.165, 1.54) is 6.92 Å². The first-order chi connectivity index (χ1) is 7.70. The number of ether oxygens (including phenoxy) is 3. The van der Waals surface area contributed by atoms with Gasteiger partial charge in [-0.05, 0) is 18.9 Å². The number of rotatable bonds is 4. The summed E-state index contributed by atoms with van der Waals surface area (Å²) in [5, 5.41) is 0. The number of fused-ring (bicyclic) bond motifs is 2. The topological polar surface area (TPSA) is 44.8 Å². The number of methoxy groups -OCH3 is 1. The van der Waals surface area contributed by atoms with Crippen LogP contribution in [0.5, 0.6) is 0 Å². The first-order valence-electron chi connectivity index (χ1n) is 5.66. The zero-order chi connectivity index (χ0) is 11.5. The number of hydrogen-bond donors (Lipinski definition) is 0. The van der Waals surface area contributed by atoms with E-state index in [9.17, 15) is 4.79 Å². The Labute approximate surface area is 95.6 Å². The monoisotopic (exact) mass is 226 g/mol. The van der Waals surface area contributed by atoms with Crippen LogP contribution in [0.4, 0.5) is 0 Å². The summed E-state index contributed by atoms with van der Waals surface area (Å²) in [6.45, 7) is 1.79. The van der Waals surface area contributed by atoms with E-state index in [2.05, 4.69) is 6.08 Å². The summed E-state index contributed by atoms with van der Waals surface area (Å²) in [4.78, 5) is 10.9. The molecule has 0 heterocycles. The van der Waals surface area contributed by atoms with Crippen LogP contribution in [0.15, 0.2) is 12.2 Å². The third kappa shape index (κ3) is 2.44. The average molecular weight is 226 g/mol. The molecule has 90 valence electrons. The summed E-state index contributed by atoms with van der Waals surface area (Å²) in [6.07, 6.45) is 6.24. The summed E-state index contributed by atoms with van der Waals surface area (Å²) < 4.78 is 15.8. The molecule has 2 rings (SSSR count). The highest BCUT2D eigenvalue weighted by Gasteiger charge is 2.41. The molecule has 1 fully saturated rings. The van der Waals surface area contributed by atoms with Crippen molar-refractivity contribution in [3.8, 4) is 0 Å². The Balaban J connectivity index is 1.92. The Bertz CT molecular complexity index is 287. The van der Waals surface area contributed by atoms with Crippen molar-refractivity contribution in [1.82, 2.24) is 0 Å². The minimum Gasteiger partial charge on any atom is -0.458 e. The van der Waals surface area contributed by atoms with Gasteiger partial charge in [0.2, 0.25) is 0 Å². The van der Waals surface area contributed by atoms with Crippen LogP contribution in [0, 0.1) is 11.8 Å².